The number of non-ortho nitro benzene ring substituents is 2. The second kappa shape index (κ2) is 9.30. The number of benzene rings is 3. The van der Waals surface area contributed by atoms with Gasteiger partial charge >= 0.3 is 5.69 Å². The van der Waals surface area contributed by atoms with Crippen molar-refractivity contribution in [3.63, 3.8) is 0 Å². The fourth-order valence-electron chi connectivity index (χ4n) is 2.78. The number of hydrazone groups is 1. The van der Waals surface area contributed by atoms with Gasteiger partial charge in [-0.3, -0.25) is 35.8 Å². The Bertz CT molecular complexity index is 1210. The lowest BCUT2D eigenvalue weighted by atomic mass is 10.0. The summed E-state index contributed by atoms with van der Waals surface area (Å²) in [5, 5.41) is 37.5. The zero-order valence-electron chi connectivity index (χ0n) is 16.5. The van der Waals surface area contributed by atoms with Crippen molar-refractivity contribution in [3.05, 3.63) is 108 Å². The number of methoxy groups -OCH3 is 1. The van der Waals surface area contributed by atoms with Gasteiger partial charge in [0, 0.05) is 29.3 Å². The van der Waals surface area contributed by atoms with Crippen LogP contribution in [0.1, 0.15) is 11.1 Å². The van der Waals surface area contributed by atoms with Crippen LogP contribution in [-0.2, 0) is 0 Å². The van der Waals surface area contributed by atoms with Gasteiger partial charge in [0.15, 0.2) is 0 Å². The standard InChI is InChI=1S/C20H15N5O7/c1-32-17-9-4-14(5-10-17)20(13-2-6-15(7-3-13)23(26)27)22-21-18-11-8-16(24(28)29)12-19(18)25(30)31/h2-12,21H,1H3. The lowest BCUT2D eigenvalue weighted by Gasteiger charge is -2.10. The average molecular weight is 437 g/mol. The van der Waals surface area contributed by atoms with Crippen molar-refractivity contribution >= 4 is 28.5 Å². The molecule has 0 aliphatic heterocycles. The number of rotatable bonds is 8. The Hall–Kier alpha value is -4.87. The molecule has 0 heterocycles. The average Bonchev–Trinajstić information content (AvgIpc) is 2.79. The van der Waals surface area contributed by atoms with E-state index in [1.165, 1.54) is 37.4 Å². The van der Waals surface area contributed by atoms with Crippen LogP contribution in [0.25, 0.3) is 0 Å². The predicted octanol–water partition coefficient (Wildman–Crippen LogP) is 4.28. The number of hydrogen-bond donors (Lipinski definition) is 1. The highest BCUT2D eigenvalue weighted by atomic mass is 16.6. The Labute approximate surface area is 180 Å². The molecule has 0 fully saturated rings. The zero-order chi connectivity index (χ0) is 23.3. The number of hydrogen-bond acceptors (Lipinski definition) is 9. The maximum absolute atomic E-state index is 11.4. The first kappa shape index (κ1) is 21.8. The first-order valence-electron chi connectivity index (χ1n) is 8.96. The Morgan fingerprint density at radius 2 is 1.31 bits per heavy atom. The van der Waals surface area contributed by atoms with Gasteiger partial charge in [-0.2, -0.15) is 5.10 Å². The molecule has 0 amide bonds. The van der Waals surface area contributed by atoms with E-state index in [-0.39, 0.29) is 11.4 Å². The molecule has 12 heteroatoms. The number of nitrogens with zero attached hydrogens (tertiary/aromatic N) is 4. The van der Waals surface area contributed by atoms with Gasteiger partial charge in [0.05, 0.1) is 33.7 Å². The molecular formula is C20H15N5O7. The summed E-state index contributed by atoms with van der Waals surface area (Å²) in [5.74, 6) is 0.593. The molecule has 0 aliphatic carbocycles. The summed E-state index contributed by atoms with van der Waals surface area (Å²) in [6, 6.07) is 15.5. The minimum atomic E-state index is -0.760. The molecule has 0 bridgehead atoms. The van der Waals surface area contributed by atoms with E-state index in [0.29, 0.717) is 22.6 Å². The molecule has 3 aromatic rings. The van der Waals surface area contributed by atoms with E-state index in [1.807, 2.05) is 0 Å². The molecule has 0 atom stereocenters. The number of anilines is 1. The Balaban J connectivity index is 2.06. The molecule has 0 aromatic heterocycles. The molecule has 12 nitrogen and oxygen atoms in total. The van der Waals surface area contributed by atoms with Crippen molar-refractivity contribution in [2.45, 2.75) is 0 Å². The molecule has 0 unspecified atom stereocenters. The maximum atomic E-state index is 11.4. The summed E-state index contributed by atoms with van der Waals surface area (Å²) < 4.78 is 5.14. The fourth-order valence-corrected chi connectivity index (χ4v) is 2.78. The van der Waals surface area contributed by atoms with Crippen LogP contribution in [0.3, 0.4) is 0 Å². The van der Waals surface area contributed by atoms with Crippen molar-refractivity contribution in [1.82, 2.24) is 0 Å². The van der Waals surface area contributed by atoms with Crippen molar-refractivity contribution in [2.75, 3.05) is 12.5 Å². The zero-order valence-corrected chi connectivity index (χ0v) is 16.5. The van der Waals surface area contributed by atoms with Crippen LogP contribution >= 0.6 is 0 Å². The maximum Gasteiger partial charge on any atom is 0.301 e. The lowest BCUT2D eigenvalue weighted by molar-refractivity contribution is -0.393. The van der Waals surface area contributed by atoms with E-state index < -0.39 is 26.1 Å². The Morgan fingerprint density at radius 1 is 0.781 bits per heavy atom. The van der Waals surface area contributed by atoms with Crippen LogP contribution in [0.2, 0.25) is 0 Å². The van der Waals surface area contributed by atoms with Gasteiger partial charge in [0.1, 0.15) is 11.4 Å². The largest absolute Gasteiger partial charge is 0.497 e. The second-order valence-corrected chi connectivity index (χ2v) is 6.32. The number of ether oxygens (including phenoxy) is 1. The van der Waals surface area contributed by atoms with Crippen LogP contribution in [0.5, 0.6) is 5.75 Å². The summed E-state index contributed by atoms with van der Waals surface area (Å²) in [7, 11) is 1.51. The van der Waals surface area contributed by atoms with E-state index in [1.54, 1.807) is 24.3 Å². The van der Waals surface area contributed by atoms with Gasteiger partial charge in [0.25, 0.3) is 11.4 Å². The molecule has 3 rings (SSSR count). The minimum Gasteiger partial charge on any atom is -0.497 e. The summed E-state index contributed by atoms with van der Waals surface area (Å²) in [4.78, 5) is 31.2. The van der Waals surface area contributed by atoms with Gasteiger partial charge in [0.2, 0.25) is 0 Å². The first-order chi connectivity index (χ1) is 15.3. The van der Waals surface area contributed by atoms with Crippen molar-refractivity contribution in [3.8, 4) is 5.75 Å². The van der Waals surface area contributed by atoms with Gasteiger partial charge in [-0.05, 0) is 42.5 Å². The number of nitro groups is 3. The fraction of sp³-hybridized carbons (Fsp3) is 0.0500. The van der Waals surface area contributed by atoms with Gasteiger partial charge in [-0.1, -0.05) is 0 Å². The third-order valence-electron chi connectivity index (χ3n) is 4.39. The summed E-state index contributed by atoms with van der Waals surface area (Å²) >= 11 is 0. The molecule has 1 N–H and O–H groups in total. The molecule has 0 saturated carbocycles. The van der Waals surface area contributed by atoms with Crippen molar-refractivity contribution in [1.29, 1.82) is 0 Å². The molecule has 3 aromatic carbocycles. The smallest absolute Gasteiger partial charge is 0.301 e. The highest BCUT2D eigenvalue weighted by molar-refractivity contribution is 6.13. The second-order valence-electron chi connectivity index (χ2n) is 6.32. The van der Waals surface area contributed by atoms with E-state index in [4.69, 9.17) is 4.74 Å². The van der Waals surface area contributed by atoms with Crippen molar-refractivity contribution < 1.29 is 19.5 Å². The summed E-state index contributed by atoms with van der Waals surface area (Å²) in [6.45, 7) is 0. The molecule has 162 valence electrons. The highest BCUT2D eigenvalue weighted by Crippen LogP contribution is 2.29. The van der Waals surface area contributed by atoms with Crippen LogP contribution in [0.15, 0.2) is 71.8 Å². The normalized spacial score (nSPS) is 11.0. The van der Waals surface area contributed by atoms with E-state index in [9.17, 15) is 30.3 Å². The highest BCUT2D eigenvalue weighted by Gasteiger charge is 2.20. The monoisotopic (exact) mass is 437 g/mol. The first-order valence-corrected chi connectivity index (χ1v) is 8.96. The molecular weight excluding hydrogens is 422 g/mol. The predicted molar refractivity (Wildman–Crippen MR) is 115 cm³/mol. The van der Waals surface area contributed by atoms with Crippen LogP contribution in [0, 0.1) is 30.3 Å². The topological polar surface area (TPSA) is 163 Å². The SMILES string of the molecule is COc1ccc(C(=NNc2ccc([N+](=O)[O-])cc2[N+](=O)[O-])c2ccc([N+](=O)[O-])cc2)cc1. The summed E-state index contributed by atoms with van der Waals surface area (Å²) in [6.07, 6.45) is 0. The molecule has 0 radical (unpaired) electrons. The lowest BCUT2D eigenvalue weighted by Crippen LogP contribution is -2.08. The number of nitrogens with one attached hydrogen (secondary N) is 1. The quantitative estimate of drug-likeness (QED) is 0.310. The third kappa shape index (κ3) is 4.81. The van der Waals surface area contributed by atoms with Crippen LogP contribution in [0.4, 0.5) is 22.7 Å². The van der Waals surface area contributed by atoms with Gasteiger partial charge in [-0.25, -0.2) is 0 Å². The third-order valence-corrected chi connectivity index (χ3v) is 4.39. The summed E-state index contributed by atoms with van der Waals surface area (Å²) in [5.41, 5.74) is 2.87. The molecule has 0 aliphatic rings. The van der Waals surface area contributed by atoms with Gasteiger partial charge < -0.3 is 4.74 Å². The van der Waals surface area contributed by atoms with E-state index in [2.05, 4.69) is 10.5 Å². The van der Waals surface area contributed by atoms with Gasteiger partial charge in [-0.15, -0.1) is 0 Å². The van der Waals surface area contributed by atoms with Crippen LogP contribution in [-0.4, -0.2) is 27.6 Å². The van der Waals surface area contributed by atoms with E-state index in [0.717, 1.165) is 12.1 Å². The molecule has 0 spiro atoms. The number of nitro benzene ring substituents is 3. The van der Waals surface area contributed by atoms with E-state index >= 15 is 0 Å². The van der Waals surface area contributed by atoms with Crippen LogP contribution < -0.4 is 10.2 Å². The Morgan fingerprint density at radius 3 is 1.81 bits per heavy atom. The molecule has 0 saturated heterocycles. The Kier molecular flexibility index (Phi) is 6.34. The van der Waals surface area contributed by atoms with Crippen molar-refractivity contribution in [2.24, 2.45) is 5.10 Å². The minimum absolute atomic E-state index is 0.0616. The molecule has 32 heavy (non-hydrogen) atoms.